The van der Waals surface area contributed by atoms with Crippen molar-refractivity contribution in [3.05, 3.63) is 51.6 Å². The standard InChI is InChI=1S/C11H7Br2ClINS/c12-7-4-9(17-11(7)13)10(16)6-3-5(14)1-2-8(6)15/h1-4,10H,16H2. The molecule has 1 aromatic heterocycles. The Labute approximate surface area is 139 Å². The summed E-state index contributed by atoms with van der Waals surface area (Å²) in [4.78, 5) is 1.10. The average Bonchev–Trinajstić information content (AvgIpc) is 2.62. The van der Waals surface area contributed by atoms with Gasteiger partial charge in [0.25, 0.3) is 0 Å². The van der Waals surface area contributed by atoms with Gasteiger partial charge in [-0.25, -0.2) is 0 Å². The SMILES string of the molecule is NC(c1cc(Br)c(Br)s1)c1cc(Cl)ccc1I. The molecule has 0 radical (unpaired) electrons. The number of hydrogen-bond donors (Lipinski definition) is 1. The van der Waals surface area contributed by atoms with Gasteiger partial charge >= 0.3 is 0 Å². The van der Waals surface area contributed by atoms with E-state index in [0.29, 0.717) is 5.02 Å². The third-order valence-corrected chi connectivity index (χ3v) is 6.82. The van der Waals surface area contributed by atoms with E-state index in [0.717, 1.165) is 22.3 Å². The van der Waals surface area contributed by atoms with Gasteiger partial charge in [-0.3, -0.25) is 0 Å². The van der Waals surface area contributed by atoms with Gasteiger partial charge in [0.1, 0.15) is 0 Å². The van der Waals surface area contributed by atoms with Crippen LogP contribution in [0.1, 0.15) is 16.5 Å². The molecule has 90 valence electrons. The molecule has 6 heteroatoms. The van der Waals surface area contributed by atoms with Crippen molar-refractivity contribution in [2.45, 2.75) is 6.04 Å². The van der Waals surface area contributed by atoms with Gasteiger partial charge in [-0.05, 0) is 84.3 Å². The average molecular weight is 507 g/mol. The van der Waals surface area contributed by atoms with E-state index in [1.165, 1.54) is 0 Å². The molecule has 17 heavy (non-hydrogen) atoms. The molecule has 2 N–H and O–H groups in total. The van der Waals surface area contributed by atoms with Crippen molar-refractivity contribution in [2.75, 3.05) is 0 Å². The number of nitrogens with two attached hydrogens (primary N) is 1. The second-order valence-corrected chi connectivity index (χ2v) is 8.27. The number of benzene rings is 1. The van der Waals surface area contributed by atoms with Crippen molar-refractivity contribution >= 4 is 77.4 Å². The first-order valence-electron chi connectivity index (χ1n) is 4.64. The van der Waals surface area contributed by atoms with Crippen LogP contribution in [0, 0.1) is 3.57 Å². The van der Waals surface area contributed by atoms with Crippen LogP contribution in [-0.4, -0.2) is 0 Å². The third-order valence-electron chi connectivity index (χ3n) is 2.26. The van der Waals surface area contributed by atoms with E-state index in [4.69, 9.17) is 17.3 Å². The zero-order chi connectivity index (χ0) is 12.6. The molecular weight excluding hydrogens is 500 g/mol. The maximum absolute atomic E-state index is 6.27. The van der Waals surface area contributed by atoms with Crippen molar-refractivity contribution in [2.24, 2.45) is 5.73 Å². The first-order valence-corrected chi connectivity index (χ1v) is 8.50. The summed E-state index contributed by atoms with van der Waals surface area (Å²) in [5, 5.41) is 0.713. The third kappa shape index (κ3) is 3.25. The Balaban J connectivity index is 2.42. The van der Waals surface area contributed by atoms with Crippen molar-refractivity contribution in [3.8, 4) is 0 Å². The summed E-state index contributed by atoms with van der Waals surface area (Å²) in [6, 6.07) is 7.68. The molecule has 0 saturated heterocycles. The fourth-order valence-corrected chi connectivity index (χ4v) is 4.38. The van der Waals surface area contributed by atoms with Crippen molar-refractivity contribution in [1.82, 2.24) is 0 Å². The Kier molecular flexibility index (Phi) is 4.94. The summed E-state index contributed by atoms with van der Waals surface area (Å²) in [6.45, 7) is 0. The molecule has 1 aromatic carbocycles. The Morgan fingerprint density at radius 3 is 2.59 bits per heavy atom. The molecule has 0 spiro atoms. The van der Waals surface area contributed by atoms with Crippen LogP contribution in [0.2, 0.25) is 5.02 Å². The molecule has 0 fully saturated rings. The Hall–Kier alpha value is 0.860. The number of halogens is 4. The summed E-state index contributed by atoms with van der Waals surface area (Å²) < 4.78 is 3.21. The normalized spacial score (nSPS) is 12.8. The lowest BCUT2D eigenvalue weighted by atomic mass is 10.1. The molecule has 2 rings (SSSR count). The first kappa shape index (κ1) is 14.3. The minimum atomic E-state index is -0.145. The van der Waals surface area contributed by atoms with Gasteiger partial charge in [-0.15, -0.1) is 11.3 Å². The van der Waals surface area contributed by atoms with Crippen LogP contribution < -0.4 is 5.73 Å². The Morgan fingerprint density at radius 1 is 1.29 bits per heavy atom. The quantitative estimate of drug-likeness (QED) is 0.528. The van der Waals surface area contributed by atoms with E-state index in [1.54, 1.807) is 11.3 Å². The van der Waals surface area contributed by atoms with E-state index in [9.17, 15) is 0 Å². The first-order chi connectivity index (χ1) is 7.99. The van der Waals surface area contributed by atoms with Crippen molar-refractivity contribution in [1.29, 1.82) is 0 Å². The van der Waals surface area contributed by atoms with Gasteiger partial charge in [-0.2, -0.15) is 0 Å². The lowest BCUT2D eigenvalue weighted by molar-refractivity contribution is 0.886. The molecule has 1 atom stereocenters. The molecule has 0 amide bonds. The summed E-state index contributed by atoms with van der Waals surface area (Å²) in [5.41, 5.74) is 7.33. The number of rotatable bonds is 2. The molecule has 0 aliphatic heterocycles. The highest BCUT2D eigenvalue weighted by Crippen LogP contribution is 2.37. The van der Waals surface area contributed by atoms with Crippen LogP contribution in [0.25, 0.3) is 0 Å². The fraction of sp³-hybridized carbons (Fsp3) is 0.0909. The summed E-state index contributed by atoms with van der Waals surface area (Å²) >= 11 is 16.9. The molecule has 1 heterocycles. The maximum atomic E-state index is 6.27. The van der Waals surface area contributed by atoms with Crippen LogP contribution >= 0.6 is 77.4 Å². The van der Waals surface area contributed by atoms with Crippen molar-refractivity contribution in [3.63, 3.8) is 0 Å². The van der Waals surface area contributed by atoms with Gasteiger partial charge in [0.15, 0.2) is 0 Å². The predicted octanol–water partition coefficient (Wildman–Crippen LogP) is 5.58. The Bertz CT molecular complexity index is 539. The van der Waals surface area contributed by atoms with Gasteiger partial charge in [0, 0.05) is 17.9 Å². The monoisotopic (exact) mass is 505 g/mol. The second kappa shape index (κ2) is 5.88. The highest BCUT2D eigenvalue weighted by molar-refractivity contribution is 14.1. The molecule has 0 saturated carbocycles. The van der Waals surface area contributed by atoms with E-state index >= 15 is 0 Å². The smallest absolute Gasteiger partial charge is 0.0843 e. The highest BCUT2D eigenvalue weighted by Gasteiger charge is 2.16. The van der Waals surface area contributed by atoms with Crippen LogP contribution in [-0.2, 0) is 0 Å². The fourth-order valence-electron chi connectivity index (χ4n) is 1.42. The molecule has 1 unspecified atom stereocenters. The maximum Gasteiger partial charge on any atom is 0.0843 e. The zero-order valence-electron chi connectivity index (χ0n) is 8.38. The predicted molar refractivity (Wildman–Crippen MR) is 89.9 cm³/mol. The highest BCUT2D eigenvalue weighted by atomic mass is 127. The van der Waals surface area contributed by atoms with Gasteiger partial charge in [0.2, 0.25) is 0 Å². The van der Waals surface area contributed by atoms with E-state index < -0.39 is 0 Å². The molecule has 0 aliphatic rings. The van der Waals surface area contributed by atoms with Crippen LogP contribution in [0.4, 0.5) is 0 Å². The summed E-state index contributed by atoms with van der Waals surface area (Å²) in [5.74, 6) is 0. The topological polar surface area (TPSA) is 26.0 Å². The lowest BCUT2D eigenvalue weighted by Gasteiger charge is -2.12. The molecule has 0 aliphatic carbocycles. The van der Waals surface area contributed by atoms with E-state index in [1.807, 2.05) is 24.3 Å². The second-order valence-electron chi connectivity index (χ2n) is 3.41. The number of thiophene rings is 1. The summed E-state index contributed by atoms with van der Waals surface area (Å²) in [7, 11) is 0. The van der Waals surface area contributed by atoms with E-state index in [2.05, 4.69) is 54.5 Å². The molecular formula is C11H7Br2ClINS. The van der Waals surface area contributed by atoms with Crippen LogP contribution in [0.15, 0.2) is 32.5 Å². The van der Waals surface area contributed by atoms with Crippen LogP contribution in [0.3, 0.4) is 0 Å². The van der Waals surface area contributed by atoms with Crippen molar-refractivity contribution < 1.29 is 0 Å². The van der Waals surface area contributed by atoms with Crippen LogP contribution in [0.5, 0.6) is 0 Å². The zero-order valence-corrected chi connectivity index (χ0v) is 15.3. The molecule has 1 nitrogen and oxygen atoms in total. The van der Waals surface area contributed by atoms with Gasteiger partial charge in [-0.1, -0.05) is 11.6 Å². The minimum Gasteiger partial charge on any atom is -0.320 e. The lowest BCUT2D eigenvalue weighted by Crippen LogP contribution is -2.11. The van der Waals surface area contributed by atoms with Gasteiger partial charge < -0.3 is 5.73 Å². The molecule has 0 bridgehead atoms. The number of hydrogen-bond acceptors (Lipinski definition) is 2. The van der Waals surface area contributed by atoms with E-state index in [-0.39, 0.29) is 6.04 Å². The Morgan fingerprint density at radius 2 is 2.00 bits per heavy atom. The summed E-state index contributed by atoms with van der Waals surface area (Å²) in [6.07, 6.45) is 0. The largest absolute Gasteiger partial charge is 0.320 e. The molecule has 2 aromatic rings. The minimum absolute atomic E-state index is 0.145. The van der Waals surface area contributed by atoms with Gasteiger partial charge in [0.05, 0.1) is 9.83 Å².